The van der Waals surface area contributed by atoms with Crippen LogP contribution in [0.15, 0.2) is 54.6 Å². The van der Waals surface area contributed by atoms with Crippen molar-refractivity contribution in [2.75, 3.05) is 33.9 Å². The topological polar surface area (TPSA) is 76.1 Å². The second-order valence-electron chi connectivity index (χ2n) is 11.2. The Labute approximate surface area is 251 Å². The van der Waals surface area contributed by atoms with Crippen LogP contribution in [0.3, 0.4) is 0 Å². The molecule has 0 fully saturated rings. The van der Waals surface area contributed by atoms with Gasteiger partial charge in [0.05, 0.1) is 13.2 Å². The third kappa shape index (κ3) is 20.7. The third-order valence-electron chi connectivity index (χ3n) is 7.13. The highest BCUT2D eigenvalue weighted by Gasteiger charge is 2.16. The molecule has 7 heteroatoms. The number of hydrogen-bond donors (Lipinski definition) is 1. The average molecular weight is 592 g/mol. The first-order chi connectivity index (χ1) is 19.7. The number of likely N-dealkylation sites (N-methyl/N-ethyl adjacent to an activating group) is 1. The van der Waals surface area contributed by atoms with Crippen molar-refractivity contribution < 1.29 is 21.9 Å². The molecule has 1 unspecified atom stereocenters. The number of unbranched alkanes of at least 4 members (excludes halogenated alkanes) is 13. The van der Waals surface area contributed by atoms with Crippen LogP contribution in [-0.2, 0) is 19.3 Å². The van der Waals surface area contributed by atoms with Gasteiger partial charge in [-0.2, -0.15) is 8.42 Å². The lowest BCUT2D eigenvalue weighted by atomic mass is 9.97. The number of aryl methyl sites for hydroxylation is 1. The molecule has 1 atom stereocenters. The van der Waals surface area contributed by atoms with E-state index in [1.807, 2.05) is 6.07 Å². The molecule has 6 nitrogen and oxygen atoms in total. The average Bonchev–Trinajstić information content (AvgIpc) is 2.94. The van der Waals surface area contributed by atoms with Gasteiger partial charge in [0.1, 0.15) is 6.10 Å². The van der Waals surface area contributed by atoms with Crippen LogP contribution in [0.4, 0.5) is 0 Å². The molecule has 0 heterocycles. The molecule has 0 aromatic heterocycles. The van der Waals surface area contributed by atoms with E-state index in [-0.39, 0.29) is 12.7 Å². The highest BCUT2D eigenvalue weighted by Crippen LogP contribution is 2.28. The summed E-state index contributed by atoms with van der Waals surface area (Å²) in [4.78, 5) is 2.14. The molecule has 234 valence electrons. The Balaban J connectivity index is 0.000000410. The van der Waals surface area contributed by atoms with Crippen molar-refractivity contribution in [3.63, 3.8) is 0 Å². The molecule has 0 radical (unpaired) electrons. The highest BCUT2D eigenvalue weighted by atomic mass is 32.3. The van der Waals surface area contributed by atoms with Gasteiger partial charge in [-0.15, -0.1) is 0 Å². The predicted octanol–water partition coefficient (Wildman–Crippen LogP) is 8.95. The van der Waals surface area contributed by atoms with Crippen LogP contribution in [0.2, 0.25) is 0 Å². The minimum absolute atomic E-state index is 0.0114. The van der Waals surface area contributed by atoms with Crippen molar-refractivity contribution in [3.05, 3.63) is 71.3 Å². The van der Waals surface area contributed by atoms with Gasteiger partial charge in [0.2, 0.25) is 0 Å². The standard InChI is InChI=1S/C18H23NO.C16H34O4S/c1-15-9-7-8-12-17(15)18(20-14-13-19(2)3)16-10-5-4-6-11-16;1-2-3-4-5-6-7-8-9-10-11-12-13-14-15-16-20-21(17,18)19/h4-12,18H,13-14H2,1-3H3;2-16H2,1H3,(H,17,18,19). The summed E-state index contributed by atoms with van der Waals surface area (Å²) in [6.45, 7) is 6.13. The first kappa shape index (κ1) is 37.3. The molecule has 0 saturated carbocycles. The maximum Gasteiger partial charge on any atom is 0.397 e. The molecule has 2 aromatic carbocycles. The molecule has 2 aromatic rings. The van der Waals surface area contributed by atoms with E-state index in [9.17, 15) is 8.42 Å². The van der Waals surface area contributed by atoms with Gasteiger partial charge in [-0.05, 0) is 44.1 Å². The van der Waals surface area contributed by atoms with Crippen molar-refractivity contribution in [1.82, 2.24) is 4.90 Å². The molecule has 0 bridgehead atoms. The third-order valence-corrected chi connectivity index (χ3v) is 7.59. The number of nitrogens with zero attached hydrogens (tertiary/aromatic N) is 1. The summed E-state index contributed by atoms with van der Waals surface area (Å²) in [6, 6.07) is 18.9. The Morgan fingerprint density at radius 1 is 0.707 bits per heavy atom. The van der Waals surface area contributed by atoms with Crippen LogP contribution >= 0.6 is 0 Å². The number of benzene rings is 2. The summed E-state index contributed by atoms with van der Waals surface area (Å²) in [7, 11) is -0.114. The first-order valence-corrected chi connectivity index (χ1v) is 17.1. The Kier molecular flexibility index (Phi) is 21.6. The monoisotopic (exact) mass is 591 g/mol. The van der Waals surface area contributed by atoms with Crippen LogP contribution in [0, 0.1) is 6.92 Å². The van der Waals surface area contributed by atoms with Crippen LogP contribution in [0.5, 0.6) is 0 Å². The molecular weight excluding hydrogens is 534 g/mol. The summed E-state index contributed by atoms with van der Waals surface area (Å²) < 4.78 is 39.4. The Morgan fingerprint density at radius 2 is 1.20 bits per heavy atom. The van der Waals surface area contributed by atoms with Crippen molar-refractivity contribution in [1.29, 1.82) is 0 Å². The van der Waals surface area contributed by atoms with E-state index in [2.05, 4.69) is 85.6 Å². The smallest absolute Gasteiger partial charge is 0.367 e. The molecule has 0 spiro atoms. The normalized spacial score (nSPS) is 12.2. The second-order valence-corrected chi connectivity index (χ2v) is 12.3. The van der Waals surface area contributed by atoms with E-state index in [0.29, 0.717) is 6.42 Å². The van der Waals surface area contributed by atoms with Gasteiger partial charge in [-0.25, -0.2) is 4.18 Å². The second kappa shape index (κ2) is 23.8. The maximum atomic E-state index is 10.3. The van der Waals surface area contributed by atoms with Gasteiger partial charge in [0.25, 0.3) is 0 Å². The maximum absolute atomic E-state index is 10.3. The summed E-state index contributed by atoms with van der Waals surface area (Å²) in [5, 5.41) is 0. The van der Waals surface area contributed by atoms with Gasteiger partial charge >= 0.3 is 10.4 Å². The minimum Gasteiger partial charge on any atom is -0.367 e. The largest absolute Gasteiger partial charge is 0.397 e. The summed E-state index contributed by atoms with van der Waals surface area (Å²) >= 11 is 0. The molecule has 0 aliphatic carbocycles. The van der Waals surface area contributed by atoms with Gasteiger partial charge in [0, 0.05) is 6.54 Å². The summed E-state index contributed by atoms with van der Waals surface area (Å²) in [6.07, 6.45) is 17.6. The van der Waals surface area contributed by atoms with E-state index in [1.165, 1.54) is 87.3 Å². The van der Waals surface area contributed by atoms with E-state index in [4.69, 9.17) is 9.29 Å². The molecule has 1 N–H and O–H groups in total. The quantitative estimate of drug-likeness (QED) is 0.109. The van der Waals surface area contributed by atoms with E-state index < -0.39 is 10.4 Å². The number of hydrogen-bond acceptors (Lipinski definition) is 5. The molecule has 2 rings (SSSR count). The van der Waals surface area contributed by atoms with E-state index in [1.54, 1.807) is 0 Å². The Hall–Kier alpha value is -1.77. The van der Waals surface area contributed by atoms with Crippen LogP contribution in [0.25, 0.3) is 0 Å². The van der Waals surface area contributed by atoms with Gasteiger partial charge in [-0.1, -0.05) is 145 Å². The molecule has 41 heavy (non-hydrogen) atoms. The Bertz CT molecular complexity index is 982. The lowest BCUT2D eigenvalue weighted by Gasteiger charge is -2.22. The van der Waals surface area contributed by atoms with Crippen LogP contribution in [0.1, 0.15) is 120 Å². The zero-order valence-electron chi connectivity index (χ0n) is 26.2. The number of rotatable bonds is 22. The van der Waals surface area contributed by atoms with E-state index >= 15 is 0 Å². The first-order valence-electron chi connectivity index (χ1n) is 15.7. The number of ether oxygens (including phenoxy) is 1. The van der Waals surface area contributed by atoms with Crippen molar-refractivity contribution >= 4 is 10.4 Å². The van der Waals surface area contributed by atoms with Crippen LogP contribution < -0.4 is 0 Å². The highest BCUT2D eigenvalue weighted by molar-refractivity contribution is 7.80. The summed E-state index contributed by atoms with van der Waals surface area (Å²) in [5.41, 5.74) is 3.73. The van der Waals surface area contributed by atoms with Crippen molar-refractivity contribution in [3.8, 4) is 0 Å². The SMILES string of the molecule is CCCCCCCCCCCCCCCCOS(=O)(=O)O.Cc1ccccc1C(OCCN(C)C)c1ccccc1. The van der Waals surface area contributed by atoms with E-state index in [0.717, 1.165) is 26.0 Å². The minimum atomic E-state index is -4.24. The molecule has 0 saturated heterocycles. The van der Waals surface area contributed by atoms with Crippen LogP contribution in [-0.4, -0.2) is 51.7 Å². The fourth-order valence-corrected chi connectivity index (χ4v) is 5.02. The molecule has 0 aliphatic rings. The fraction of sp³-hybridized carbons (Fsp3) is 0.647. The summed E-state index contributed by atoms with van der Waals surface area (Å²) in [5.74, 6) is 0. The van der Waals surface area contributed by atoms with Gasteiger partial charge in [-0.3, -0.25) is 4.55 Å². The zero-order chi connectivity index (χ0) is 30.2. The van der Waals surface area contributed by atoms with Gasteiger partial charge in [0.15, 0.2) is 0 Å². The predicted molar refractivity (Wildman–Crippen MR) is 172 cm³/mol. The molecular formula is C34H57NO5S. The molecule has 0 amide bonds. The lowest BCUT2D eigenvalue weighted by Crippen LogP contribution is -2.20. The fourth-order valence-electron chi connectivity index (χ4n) is 4.69. The van der Waals surface area contributed by atoms with Gasteiger partial charge < -0.3 is 9.64 Å². The van der Waals surface area contributed by atoms with Crippen molar-refractivity contribution in [2.45, 2.75) is 110 Å². The molecule has 0 aliphatic heterocycles. The lowest BCUT2D eigenvalue weighted by molar-refractivity contribution is 0.0683. The zero-order valence-corrected chi connectivity index (χ0v) is 27.0. The van der Waals surface area contributed by atoms with Crippen molar-refractivity contribution in [2.24, 2.45) is 0 Å². The Morgan fingerprint density at radius 3 is 1.68 bits per heavy atom.